The first-order valence-corrected chi connectivity index (χ1v) is 7.60. The van der Waals surface area contributed by atoms with Crippen LogP contribution in [0.2, 0.25) is 0 Å². The van der Waals surface area contributed by atoms with Gasteiger partial charge in [0.15, 0.2) is 0 Å². The second kappa shape index (κ2) is 5.10. The van der Waals surface area contributed by atoms with Crippen LogP contribution in [0.15, 0.2) is 0 Å². The summed E-state index contributed by atoms with van der Waals surface area (Å²) in [5.41, 5.74) is 0.106. The van der Waals surface area contributed by atoms with Crippen molar-refractivity contribution in [2.75, 3.05) is 19.8 Å². The molecule has 0 aromatic rings. The number of hydrogen-bond donors (Lipinski definition) is 1. The predicted octanol–water partition coefficient (Wildman–Crippen LogP) is 2.37. The molecule has 3 fully saturated rings. The van der Waals surface area contributed by atoms with Crippen LogP contribution in [-0.2, 0) is 9.47 Å². The molecule has 0 aromatic carbocycles. The zero-order chi connectivity index (χ0) is 12.6. The van der Waals surface area contributed by atoms with Gasteiger partial charge in [0.2, 0.25) is 0 Å². The summed E-state index contributed by atoms with van der Waals surface area (Å²) >= 11 is 0. The monoisotopic (exact) mass is 254 g/mol. The van der Waals surface area contributed by atoms with Crippen molar-refractivity contribution in [2.24, 2.45) is 17.8 Å². The summed E-state index contributed by atoms with van der Waals surface area (Å²) in [6.07, 6.45) is 6.64. The van der Waals surface area contributed by atoms with Gasteiger partial charge in [-0.05, 0) is 56.3 Å². The van der Waals surface area contributed by atoms with Crippen LogP contribution in [0, 0.1) is 17.8 Å². The summed E-state index contributed by atoms with van der Waals surface area (Å²) in [5, 5.41) is 9.95. The molecule has 3 rings (SSSR count). The van der Waals surface area contributed by atoms with Gasteiger partial charge in [-0.3, -0.25) is 0 Å². The first kappa shape index (κ1) is 12.9. The number of aliphatic hydroxyl groups excluding tert-OH is 1. The first-order valence-electron chi connectivity index (χ1n) is 7.60. The van der Waals surface area contributed by atoms with E-state index in [9.17, 15) is 5.11 Å². The smallest absolute Gasteiger partial charge is 0.0729 e. The van der Waals surface area contributed by atoms with Crippen LogP contribution in [0.4, 0.5) is 0 Å². The average molecular weight is 254 g/mol. The molecule has 1 saturated carbocycles. The Bertz CT molecular complexity index is 280. The van der Waals surface area contributed by atoms with Crippen LogP contribution in [0.5, 0.6) is 0 Å². The third-order valence-electron chi connectivity index (χ3n) is 5.62. The van der Waals surface area contributed by atoms with Crippen molar-refractivity contribution < 1.29 is 14.6 Å². The minimum absolute atomic E-state index is 0.0662. The highest BCUT2D eigenvalue weighted by atomic mass is 16.5. The van der Waals surface area contributed by atoms with Crippen molar-refractivity contribution in [3.63, 3.8) is 0 Å². The Morgan fingerprint density at radius 3 is 2.50 bits per heavy atom. The van der Waals surface area contributed by atoms with Gasteiger partial charge in [-0.1, -0.05) is 6.92 Å². The van der Waals surface area contributed by atoms with Gasteiger partial charge in [-0.25, -0.2) is 0 Å². The van der Waals surface area contributed by atoms with Crippen LogP contribution in [0.1, 0.15) is 45.4 Å². The maximum Gasteiger partial charge on any atom is 0.0729 e. The summed E-state index contributed by atoms with van der Waals surface area (Å²) in [6.45, 7) is 4.85. The molecule has 3 heteroatoms. The quantitative estimate of drug-likeness (QED) is 0.781. The van der Waals surface area contributed by atoms with Gasteiger partial charge in [0, 0.05) is 19.8 Å². The van der Waals surface area contributed by atoms with Gasteiger partial charge in [-0.15, -0.1) is 0 Å². The van der Waals surface area contributed by atoms with E-state index in [-0.39, 0.29) is 11.7 Å². The molecule has 1 N–H and O–H groups in total. The zero-order valence-electron chi connectivity index (χ0n) is 11.4. The summed E-state index contributed by atoms with van der Waals surface area (Å²) in [4.78, 5) is 0. The van der Waals surface area contributed by atoms with E-state index in [1.165, 1.54) is 19.3 Å². The van der Waals surface area contributed by atoms with Gasteiger partial charge in [-0.2, -0.15) is 0 Å². The van der Waals surface area contributed by atoms with Gasteiger partial charge in [0.25, 0.3) is 0 Å². The highest BCUT2D eigenvalue weighted by molar-refractivity contribution is 4.94. The molecule has 2 aliphatic heterocycles. The summed E-state index contributed by atoms with van der Waals surface area (Å²) in [6, 6.07) is 0. The molecule has 0 radical (unpaired) electrons. The zero-order valence-corrected chi connectivity index (χ0v) is 11.4. The standard InChI is InChI=1S/C15H26O3/c1-11-13(2-3-14(11)16)12-4-7-18-15(10-12)5-8-17-9-6-15/h11-14,16H,2-10H2,1H3. The molecule has 1 aliphatic carbocycles. The fourth-order valence-corrected chi connectivity index (χ4v) is 4.36. The van der Waals surface area contributed by atoms with Crippen molar-refractivity contribution in [1.82, 2.24) is 0 Å². The molecule has 0 aromatic heterocycles. The minimum Gasteiger partial charge on any atom is -0.393 e. The maximum absolute atomic E-state index is 9.95. The van der Waals surface area contributed by atoms with Crippen LogP contribution in [-0.4, -0.2) is 36.6 Å². The fraction of sp³-hybridized carbons (Fsp3) is 1.00. The molecule has 4 atom stereocenters. The molecule has 3 nitrogen and oxygen atoms in total. The molecule has 1 spiro atoms. The molecular formula is C15H26O3. The van der Waals surface area contributed by atoms with E-state index in [2.05, 4.69) is 6.92 Å². The Morgan fingerprint density at radius 1 is 1.06 bits per heavy atom. The predicted molar refractivity (Wildman–Crippen MR) is 69.4 cm³/mol. The van der Waals surface area contributed by atoms with E-state index < -0.39 is 0 Å². The lowest BCUT2D eigenvalue weighted by Gasteiger charge is -2.45. The molecule has 3 aliphatic rings. The lowest BCUT2D eigenvalue weighted by Crippen LogP contribution is -2.46. The molecule has 18 heavy (non-hydrogen) atoms. The van der Waals surface area contributed by atoms with E-state index in [0.717, 1.165) is 45.0 Å². The van der Waals surface area contributed by atoms with E-state index >= 15 is 0 Å². The lowest BCUT2D eigenvalue weighted by molar-refractivity contribution is -0.154. The SMILES string of the molecule is CC1C(O)CCC1C1CCOC2(CCOCC2)C1. The largest absolute Gasteiger partial charge is 0.393 e. The van der Waals surface area contributed by atoms with E-state index in [0.29, 0.717) is 11.8 Å². The van der Waals surface area contributed by atoms with Crippen LogP contribution >= 0.6 is 0 Å². The Hall–Kier alpha value is -0.120. The number of hydrogen-bond acceptors (Lipinski definition) is 3. The third-order valence-corrected chi connectivity index (χ3v) is 5.62. The van der Waals surface area contributed by atoms with E-state index in [4.69, 9.17) is 9.47 Å². The van der Waals surface area contributed by atoms with Crippen molar-refractivity contribution in [3.8, 4) is 0 Å². The Balaban J connectivity index is 1.66. The molecule has 0 bridgehead atoms. The Kier molecular flexibility index (Phi) is 3.65. The summed E-state index contributed by atoms with van der Waals surface area (Å²) in [5.74, 6) is 1.94. The molecule has 0 amide bonds. The Morgan fingerprint density at radius 2 is 1.83 bits per heavy atom. The first-order chi connectivity index (χ1) is 8.70. The van der Waals surface area contributed by atoms with Crippen molar-refractivity contribution >= 4 is 0 Å². The molecule has 4 unspecified atom stereocenters. The van der Waals surface area contributed by atoms with E-state index in [1.54, 1.807) is 0 Å². The lowest BCUT2D eigenvalue weighted by atomic mass is 9.72. The summed E-state index contributed by atoms with van der Waals surface area (Å²) < 4.78 is 11.6. The van der Waals surface area contributed by atoms with Crippen molar-refractivity contribution in [2.45, 2.75) is 57.2 Å². The highest BCUT2D eigenvalue weighted by Crippen LogP contribution is 2.46. The number of rotatable bonds is 1. The van der Waals surface area contributed by atoms with Gasteiger partial charge in [0.05, 0.1) is 11.7 Å². The van der Waals surface area contributed by atoms with E-state index in [1.807, 2.05) is 0 Å². The Labute approximate surface area is 110 Å². The third kappa shape index (κ3) is 2.33. The summed E-state index contributed by atoms with van der Waals surface area (Å²) in [7, 11) is 0. The fourth-order valence-electron chi connectivity index (χ4n) is 4.36. The van der Waals surface area contributed by atoms with Gasteiger partial charge < -0.3 is 14.6 Å². The highest BCUT2D eigenvalue weighted by Gasteiger charge is 2.44. The number of aliphatic hydroxyl groups is 1. The average Bonchev–Trinajstić information content (AvgIpc) is 2.71. The minimum atomic E-state index is -0.0662. The van der Waals surface area contributed by atoms with Crippen LogP contribution in [0.25, 0.3) is 0 Å². The molecule has 2 heterocycles. The van der Waals surface area contributed by atoms with Gasteiger partial charge in [0.1, 0.15) is 0 Å². The number of ether oxygens (including phenoxy) is 2. The normalized spacial score (nSPS) is 44.3. The van der Waals surface area contributed by atoms with Crippen molar-refractivity contribution in [1.29, 1.82) is 0 Å². The van der Waals surface area contributed by atoms with Crippen LogP contribution < -0.4 is 0 Å². The molecule has 2 saturated heterocycles. The second-order valence-corrected chi connectivity index (χ2v) is 6.56. The van der Waals surface area contributed by atoms with Crippen LogP contribution in [0.3, 0.4) is 0 Å². The molecular weight excluding hydrogens is 228 g/mol. The second-order valence-electron chi connectivity index (χ2n) is 6.56. The topological polar surface area (TPSA) is 38.7 Å². The van der Waals surface area contributed by atoms with Crippen molar-refractivity contribution in [3.05, 3.63) is 0 Å². The molecule has 104 valence electrons. The van der Waals surface area contributed by atoms with Gasteiger partial charge >= 0.3 is 0 Å². The maximum atomic E-state index is 9.95.